The minimum Gasteiger partial charge on any atom is -0.478 e. The van der Waals surface area contributed by atoms with Crippen molar-refractivity contribution < 1.29 is 23.1 Å². The Labute approximate surface area is 126 Å². The molecule has 1 unspecified atom stereocenters. The lowest BCUT2D eigenvalue weighted by Crippen LogP contribution is -2.37. The van der Waals surface area contributed by atoms with Gasteiger partial charge in [0.25, 0.3) is 0 Å². The Morgan fingerprint density at radius 1 is 1.50 bits per heavy atom. The first-order valence-electron chi connectivity index (χ1n) is 5.71. The number of methoxy groups -OCH3 is 1. The zero-order chi connectivity index (χ0) is 15.5. The number of likely N-dealkylation sites (N-methyl/N-ethyl adjacent to an activating group) is 1. The fraction of sp³-hybridized carbons (Fsp3) is 0.417. The molecular weight excluding hydrogens is 350 g/mol. The van der Waals surface area contributed by atoms with E-state index in [1.54, 1.807) is 6.92 Å². The number of benzene rings is 1. The molecule has 112 valence electrons. The number of nitrogens with zero attached hydrogens (tertiary/aromatic N) is 1. The summed E-state index contributed by atoms with van der Waals surface area (Å²) in [4.78, 5) is 11.0. The Morgan fingerprint density at radius 2 is 2.10 bits per heavy atom. The third-order valence-corrected chi connectivity index (χ3v) is 5.53. The van der Waals surface area contributed by atoms with Crippen molar-refractivity contribution in [3.05, 3.63) is 28.2 Å². The van der Waals surface area contributed by atoms with Gasteiger partial charge in [0.15, 0.2) is 0 Å². The number of ether oxygens (including phenoxy) is 1. The van der Waals surface area contributed by atoms with Crippen LogP contribution in [0.1, 0.15) is 17.3 Å². The topological polar surface area (TPSA) is 83.9 Å². The Hall–Kier alpha value is -0.960. The van der Waals surface area contributed by atoms with Gasteiger partial charge in [0, 0.05) is 24.7 Å². The molecule has 0 radical (unpaired) electrons. The molecule has 0 bridgehead atoms. The Morgan fingerprint density at radius 3 is 2.60 bits per heavy atom. The average Bonchev–Trinajstić information content (AvgIpc) is 2.37. The summed E-state index contributed by atoms with van der Waals surface area (Å²) in [5, 5.41) is 9.03. The molecule has 20 heavy (non-hydrogen) atoms. The van der Waals surface area contributed by atoms with Crippen LogP contribution in [-0.4, -0.2) is 50.6 Å². The lowest BCUT2D eigenvalue weighted by Gasteiger charge is -2.23. The first-order valence-corrected chi connectivity index (χ1v) is 7.95. The van der Waals surface area contributed by atoms with Crippen LogP contribution in [0.2, 0.25) is 0 Å². The van der Waals surface area contributed by atoms with E-state index < -0.39 is 16.0 Å². The van der Waals surface area contributed by atoms with Crippen molar-refractivity contribution in [1.82, 2.24) is 4.31 Å². The number of aromatic carboxylic acids is 1. The van der Waals surface area contributed by atoms with Gasteiger partial charge in [0.2, 0.25) is 10.0 Å². The van der Waals surface area contributed by atoms with E-state index >= 15 is 0 Å². The van der Waals surface area contributed by atoms with Crippen molar-refractivity contribution in [2.45, 2.75) is 17.9 Å². The number of hydrogen-bond acceptors (Lipinski definition) is 4. The zero-order valence-electron chi connectivity index (χ0n) is 11.3. The van der Waals surface area contributed by atoms with Crippen LogP contribution in [0.25, 0.3) is 0 Å². The molecule has 8 heteroatoms. The number of carboxylic acids is 1. The third-order valence-electron chi connectivity index (χ3n) is 2.87. The SMILES string of the molecule is COCC(C)N(C)S(=O)(=O)c1ccc(Br)c(C(=O)O)c1. The second-order valence-corrected chi connectivity index (χ2v) is 7.12. The maximum absolute atomic E-state index is 12.4. The van der Waals surface area contributed by atoms with Gasteiger partial charge in [-0.25, -0.2) is 13.2 Å². The highest BCUT2D eigenvalue weighted by Crippen LogP contribution is 2.23. The fourth-order valence-electron chi connectivity index (χ4n) is 1.58. The Bertz CT molecular complexity index is 602. The second kappa shape index (κ2) is 6.66. The summed E-state index contributed by atoms with van der Waals surface area (Å²) < 4.78 is 31.2. The monoisotopic (exact) mass is 365 g/mol. The summed E-state index contributed by atoms with van der Waals surface area (Å²) in [7, 11) is -0.847. The predicted molar refractivity (Wildman–Crippen MR) is 77.4 cm³/mol. The van der Waals surface area contributed by atoms with Gasteiger partial charge in [-0.3, -0.25) is 0 Å². The molecule has 0 saturated heterocycles. The molecule has 1 atom stereocenters. The van der Waals surface area contributed by atoms with Gasteiger partial charge in [-0.15, -0.1) is 0 Å². The summed E-state index contributed by atoms with van der Waals surface area (Å²) in [6.45, 7) is 1.95. The molecule has 0 heterocycles. The molecule has 0 spiro atoms. The number of carbonyl (C=O) groups is 1. The highest BCUT2D eigenvalue weighted by Gasteiger charge is 2.26. The van der Waals surface area contributed by atoms with Crippen molar-refractivity contribution in [2.75, 3.05) is 20.8 Å². The lowest BCUT2D eigenvalue weighted by molar-refractivity contribution is 0.0695. The molecule has 1 aromatic rings. The lowest BCUT2D eigenvalue weighted by atomic mass is 10.2. The summed E-state index contributed by atoms with van der Waals surface area (Å²) in [6.07, 6.45) is 0. The number of halogens is 1. The van der Waals surface area contributed by atoms with Crippen molar-refractivity contribution in [3.8, 4) is 0 Å². The average molecular weight is 366 g/mol. The molecule has 0 aromatic heterocycles. The highest BCUT2D eigenvalue weighted by atomic mass is 79.9. The van der Waals surface area contributed by atoms with Crippen LogP contribution < -0.4 is 0 Å². The summed E-state index contributed by atoms with van der Waals surface area (Å²) in [5.74, 6) is -1.19. The van der Waals surface area contributed by atoms with Crippen LogP contribution in [0.15, 0.2) is 27.6 Å². The van der Waals surface area contributed by atoms with Crippen LogP contribution in [0.3, 0.4) is 0 Å². The normalized spacial score (nSPS) is 13.4. The molecule has 0 fully saturated rings. The summed E-state index contributed by atoms with van der Waals surface area (Å²) in [6, 6.07) is 3.55. The van der Waals surface area contributed by atoms with Crippen LogP contribution in [0.5, 0.6) is 0 Å². The molecular formula is C12H16BrNO5S. The van der Waals surface area contributed by atoms with Gasteiger partial charge in [-0.05, 0) is 41.1 Å². The zero-order valence-corrected chi connectivity index (χ0v) is 13.7. The van der Waals surface area contributed by atoms with Gasteiger partial charge < -0.3 is 9.84 Å². The van der Waals surface area contributed by atoms with E-state index in [1.165, 1.54) is 26.3 Å². The second-order valence-electron chi connectivity index (χ2n) is 4.27. The molecule has 0 saturated carbocycles. The smallest absolute Gasteiger partial charge is 0.336 e. The molecule has 0 amide bonds. The van der Waals surface area contributed by atoms with Gasteiger partial charge in [0.05, 0.1) is 17.1 Å². The molecule has 1 N–H and O–H groups in total. The molecule has 1 aromatic carbocycles. The first kappa shape index (κ1) is 17.1. The molecule has 0 aliphatic rings. The molecule has 0 aliphatic heterocycles. The number of carboxylic acid groups (broad SMARTS) is 1. The standard InChI is InChI=1S/C12H16BrNO5S/c1-8(7-19-3)14(2)20(17,18)9-4-5-11(13)10(6-9)12(15)16/h4-6,8H,7H2,1-3H3,(H,15,16). The van der Waals surface area contributed by atoms with Gasteiger partial charge in [-0.1, -0.05) is 0 Å². The number of hydrogen-bond donors (Lipinski definition) is 1. The van der Waals surface area contributed by atoms with Crippen molar-refractivity contribution in [3.63, 3.8) is 0 Å². The van der Waals surface area contributed by atoms with E-state index in [0.29, 0.717) is 4.47 Å². The van der Waals surface area contributed by atoms with E-state index in [0.717, 1.165) is 10.4 Å². The predicted octanol–water partition coefficient (Wildman–Crippen LogP) is 1.80. The van der Waals surface area contributed by atoms with E-state index in [2.05, 4.69) is 15.9 Å². The minimum absolute atomic E-state index is 0.0662. The third kappa shape index (κ3) is 3.57. The van der Waals surface area contributed by atoms with Crippen LogP contribution in [0, 0.1) is 0 Å². The van der Waals surface area contributed by atoms with Crippen LogP contribution in [-0.2, 0) is 14.8 Å². The van der Waals surface area contributed by atoms with E-state index in [1.807, 2.05) is 0 Å². The fourth-order valence-corrected chi connectivity index (χ4v) is 3.37. The van der Waals surface area contributed by atoms with Gasteiger partial charge in [0.1, 0.15) is 0 Å². The number of sulfonamides is 1. The summed E-state index contributed by atoms with van der Waals surface area (Å²) in [5.41, 5.74) is -0.0983. The van der Waals surface area contributed by atoms with Crippen molar-refractivity contribution in [1.29, 1.82) is 0 Å². The van der Waals surface area contributed by atoms with E-state index in [-0.39, 0.29) is 23.1 Å². The largest absolute Gasteiger partial charge is 0.478 e. The van der Waals surface area contributed by atoms with Gasteiger partial charge in [-0.2, -0.15) is 4.31 Å². The van der Waals surface area contributed by atoms with Crippen molar-refractivity contribution >= 4 is 31.9 Å². The molecule has 6 nitrogen and oxygen atoms in total. The van der Waals surface area contributed by atoms with Crippen LogP contribution >= 0.6 is 15.9 Å². The Kier molecular flexibility index (Phi) is 5.69. The van der Waals surface area contributed by atoms with E-state index in [4.69, 9.17) is 9.84 Å². The summed E-state index contributed by atoms with van der Waals surface area (Å²) >= 11 is 3.08. The van der Waals surface area contributed by atoms with Gasteiger partial charge >= 0.3 is 5.97 Å². The first-order chi connectivity index (χ1) is 9.21. The maximum atomic E-state index is 12.4. The highest BCUT2D eigenvalue weighted by molar-refractivity contribution is 9.10. The Balaban J connectivity index is 3.22. The minimum atomic E-state index is -3.76. The quantitative estimate of drug-likeness (QED) is 0.830. The van der Waals surface area contributed by atoms with Crippen molar-refractivity contribution in [2.24, 2.45) is 0 Å². The number of rotatable bonds is 6. The molecule has 0 aliphatic carbocycles. The van der Waals surface area contributed by atoms with Crippen LogP contribution in [0.4, 0.5) is 0 Å². The maximum Gasteiger partial charge on any atom is 0.336 e. The van der Waals surface area contributed by atoms with E-state index in [9.17, 15) is 13.2 Å². The molecule has 1 rings (SSSR count).